The van der Waals surface area contributed by atoms with Gasteiger partial charge in [0.25, 0.3) is 0 Å². The first kappa shape index (κ1) is 17.9. The van der Waals surface area contributed by atoms with Crippen molar-refractivity contribution >= 4 is 0 Å². The van der Waals surface area contributed by atoms with Gasteiger partial charge in [-0.25, -0.2) is 0 Å². The van der Waals surface area contributed by atoms with Crippen LogP contribution in [0.4, 0.5) is 0 Å². The Balaban J connectivity index is 2.13. The highest BCUT2D eigenvalue weighted by Crippen LogP contribution is 2.19. The van der Waals surface area contributed by atoms with Gasteiger partial charge in [0.05, 0.1) is 6.61 Å². The molecule has 1 saturated carbocycles. The molecule has 0 saturated heterocycles. The Kier molecular flexibility index (Phi) is 9.44. The number of aliphatic hydroxyl groups is 1. The summed E-state index contributed by atoms with van der Waals surface area (Å²) in [5.41, 5.74) is 0. The molecule has 1 aliphatic carbocycles. The lowest BCUT2D eigenvalue weighted by Crippen LogP contribution is -2.38. The predicted octanol–water partition coefficient (Wildman–Crippen LogP) is 1.54. The van der Waals surface area contributed by atoms with E-state index < -0.39 is 0 Å². The van der Waals surface area contributed by atoms with Crippen molar-refractivity contribution in [1.82, 2.24) is 15.1 Å². The van der Waals surface area contributed by atoms with Crippen LogP contribution in [0.25, 0.3) is 0 Å². The smallest absolute Gasteiger partial charge is 0.0585 e. The molecule has 1 rings (SSSR count). The third-order valence-corrected chi connectivity index (χ3v) is 4.35. The second kappa shape index (κ2) is 10.6. The lowest BCUT2D eigenvalue weighted by Gasteiger charge is -2.25. The van der Waals surface area contributed by atoms with Crippen molar-refractivity contribution < 1.29 is 5.11 Å². The standard InChI is InChI=1S/C16H35N3O/c1-4-18(5-2)11-7-12-19(6-3)13-10-16(14-20)17-15-8-9-15/h15-17,20H,4-14H2,1-3H3. The summed E-state index contributed by atoms with van der Waals surface area (Å²) < 4.78 is 0. The van der Waals surface area contributed by atoms with Crippen LogP contribution in [0.2, 0.25) is 0 Å². The maximum absolute atomic E-state index is 9.41. The van der Waals surface area contributed by atoms with E-state index in [9.17, 15) is 5.11 Å². The summed E-state index contributed by atoms with van der Waals surface area (Å²) in [5, 5.41) is 12.9. The van der Waals surface area contributed by atoms with E-state index in [-0.39, 0.29) is 6.61 Å². The number of nitrogens with zero attached hydrogens (tertiary/aromatic N) is 2. The van der Waals surface area contributed by atoms with Gasteiger partial charge in [0.2, 0.25) is 0 Å². The molecule has 4 heteroatoms. The quantitative estimate of drug-likeness (QED) is 0.538. The molecular weight excluding hydrogens is 250 g/mol. The molecule has 0 aromatic rings. The van der Waals surface area contributed by atoms with Gasteiger partial charge >= 0.3 is 0 Å². The lowest BCUT2D eigenvalue weighted by atomic mass is 10.2. The van der Waals surface area contributed by atoms with Gasteiger partial charge in [-0.3, -0.25) is 0 Å². The third-order valence-electron chi connectivity index (χ3n) is 4.35. The van der Waals surface area contributed by atoms with Gasteiger partial charge in [-0.05, 0) is 65.0 Å². The average molecular weight is 285 g/mol. The molecular formula is C16H35N3O. The fraction of sp³-hybridized carbons (Fsp3) is 1.00. The minimum Gasteiger partial charge on any atom is -0.395 e. The molecule has 2 N–H and O–H groups in total. The van der Waals surface area contributed by atoms with E-state index in [1.165, 1.54) is 32.4 Å². The van der Waals surface area contributed by atoms with Gasteiger partial charge in [-0.2, -0.15) is 0 Å². The van der Waals surface area contributed by atoms with Crippen molar-refractivity contribution in [2.45, 2.75) is 58.5 Å². The van der Waals surface area contributed by atoms with Crippen LogP contribution in [0, 0.1) is 0 Å². The van der Waals surface area contributed by atoms with E-state index in [2.05, 4.69) is 35.9 Å². The number of hydrogen-bond acceptors (Lipinski definition) is 4. The molecule has 0 spiro atoms. The van der Waals surface area contributed by atoms with Crippen molar-refractivity contribution in [2.75, 3.05) is 45.9 Å². The van der Waals surface area contributed by atoms with Gasteiger partial charge in [0, 0.05) is 12.1 Å². The summed E-state index contributed by atoms with van der Waals surface area (Å²) in [6.07, 6.45) is 4.89. The zero-order valence-corrected chi connectivity index (χ0v) is 13.8. The normalized spacial score (nSPS) is 17.1. The Bertz CT molecular complexity index is 230. The summed E-state index contributed by atoms with van der Waals surface area (Å²) in [5.74, 6) is 0. The Morgan fingerprint density at radius 3 is 2.10 bits per heavy atom. The summed E-state index contributed by atoms with van der Waals surface area (Å²) >= 11 is 0. The Labute approximate surface area is 125 Å². The molecule has 0 aliphatic heterocycles. The maximum Gasteiger partial charge on any atom is 0.0585 e. The summed E-state index contributed by atoms with van der Waals surface area (Å²) in [4.78, 5) is 5.00. The Morgan fingerprint density at radius 1 is 1.00 bits per heavy atom. The molecule has 0 bridgehead atoms. The van der Waals surface area contributed by atoms with E-state index in [0.29, 0.717) is 12.1 Å². The molecule has 0 aromatic carbocycles. The van der Waals surface area contributed by atoms with Gasteiger partial charge in [0.1, 0.15) is 0 Å². The molecule has 0 aromatic heterocycles. The van der Waals surface area contributed by atoms with Crippen LogP contribution in [0.3, 0.4) is 0 Å². The summed E-state index contributed by atoms with van der Waals surface area (Å²) in [6.45, 7) is 13.9. The van der Waals surface area contributed by atoms with E-state index in [1.807, 2.05) is 0 Å². The first-order valence-electron chi connectivity index (χ1n) is 8.55. The molecule has 1 fully saturated rings. The molecule has 1 atom stereocenters. The highest BCUT2D eigenvalue weighted by molar-refractivity contribution is 4.85. The molecule has 0 heterocycles. The fourth-order valence-corrected chi connectivity index (χ4v) is 2.63. The molecule has 0 amide bonds. The van der Waals surface area contributed by atoms with Crippen molar-refractivity contribution in [1.29, 1.82) is 0 Å². The minimum atomic E-state index is 0.271. The van der Waals surface area contributed by atoms with Crippen molar-refractivity contribution in [2.24, 2.45) is 0 Å². The van der Waals surface area contributed by atoms with Crippen molar-refractivity contribution in [3.8, 4) is 0 Å². The van der Waals surface area contributed by atoms with Crippen LogP contribution in [-0.2, 0) is 0 Å². The fourth-order valence-electron chi connectivity index (χ4n) is 2.63. The molecule has 120 valence electrons. The maximum atomic E-state index is 9.41. The largest absolute Gasteiger partial charge is 0.395 e. The zero-order valence-electron chi connectivity index (χ0n) is 13.8. The van der Waals surface area contributed by atoms with Crippen LogP contribution in [-0.4, -0.2) is 72.9 Å². The van der Waals surface area contributed by atoms with Gasteiger partial charge in [-0.15, -0.1) is 0 Å². The summed E-state index contributed by atoms with van der Waals surface area (Å²) in [7, 11) is 0. The van der Waals surface area contributed by atoms with E-state index >= 15 is 0 Å². The van der Waals surface area contributed by atoms with E-state index in [1.54, 1.807) is 0 Å². The Hall–Kier alpha value is -0.160. The van der Waals surface area contributed by atoms with E-state index in [4.69, 9.17) is 0 Å². The minimum absolute atomic E-state index is 0.271. The van der Waals surface area contributed by atoms with Gasteiger partial charge < -0.3 is 20.2 Å². The SMILES string of the molecule is CCN(CC)CCCN(CC)CCC(CO)NC1CC1. The van der Waals surface area contributed by atoms with Crippen LogP contribution >= 0.6 is 0 Å². The average Bonchev–Trinajstić information content (AvgIpc) is 3.29. The second-order valence-electron chi connectivity index (χ2n) is 5.92. The summed E-state index contributed by atoms with van der Waals surface area (Å²) in [6, 6.07) is 0.976. The third kappa shape index (κ3) is 7.58. The monoisotopic (exact) mass is 285 g/mol. The lowest BCUT2D eigenvalue weighted by molar-refractivity contribution is 0.200. The number of hydrogen-bond donors (Lipinski definition) is 2. The molecule has 0 radical (unpaired) electrons. The van der Waals surface area contributed by atoms with Crippen LogP contribution in [0.15, 0.2) is 0 Å². The van der Waals surface area contributed by atoms with Crippen LogP contribution in [0.5, 0.6) is 0 Å². The highest BCUT2D eigenvalue weighted by atomic mass is 16.3. The first-order valence-corrected chi connectivity index (χ1v) is 8.55. The van der Waals surface area contributed by atoms with Crippen LogP contribution < -0.4 is 5.32 Å². The number of aliphatic hydroxyl groups excluding tert-OH is 1. The van der Waals surface area contributed by atoms with Crippen molar-refractivity contribution in [3.05, 3.63) is 0 Å². The molecule has 1 aliphatic rings. The number of rotatable bonds is 13. The molecule has 1 unspecified atom stereocenters. The zero-order chi connectivity index (χ0) is 14.8. The van der Waals surface area contributed by atoms with Crippen LogP contribution in [0.1, 0.15) is 46.5 Å². The molecule has 4 nitrogen and oxygen atoms in total. The topological polar surface area (TPSA) is 38.7 Å². The Morgan fingerprint density at radius 2 is 1.60 bits per heavy atom. The van der Waals surface area contributed by atoms with E-state index in [0.717, 1.165) is 32.6 Å². The van der Waals surface area contributed by atoms with Gasteiger partial charge in [-0.1, -0.05) is 20.8 Å². The van der Waals surface area contributed by atoms with Crippen molar-refractivity contribution in [3.63, 3.8) is 0 Å². The molecule has 20 heavy (non-hydrogen) atoms. The second-order valence-corrected chi connectivity index (χ2v) is 5.92. The number of nitrogens with one attached hydrogen (secondary N) is 1. The van der Waals surface area contributed by atoms with Gasteiger partial charge in [0.15, 0.2) is 0 Å². The first-order chi connectivity index (χ1) is 9.73. The predicted molar refractivity (Wildman–Crippen MR) is 86.2 cm³/mol. The highest BCUT2D eigenvalue weighted by Gasteiger charge is 2.24.